The average molecular weight is 296 g/mol. The third kappa shape index (κ3) is 4.53. The third-order valence-electron chi connectivity index (χ3n) is 3.22. The maximum atomic E-state index is 12.3. The Hall–Kier alpha value is -1.95. The standard InChI is InChI=1S/C15H24N2O4/c1-10(5-6-16)9-17-15(18)11-7-13(20-3)14(21-4)8-12(11)19-2/h7-8,10H,5-6,9,16H2,1-4H3,(H,17,18). The van der Waals surface area contributed by atoms with Gasteiger partial charge in [0.05, 0.1) is 26.9 Å². The highest BCUT2D eigenvalue weighted by Gasteiger charge is 2.18. The van der Waals surface area contributed by atoms with Crippen LogP contribution in [0.15, 0.2) is 12.1 Å². The Kier molecular flexibility index (Phi) is 6.81. The summed E-state index contributed by atoms with van der Waals surface area (Å²) >= 11 is 0. The molecule has 3 N–H and O–H groups in total. The lowest BCUT2D eigenvalue weighted by Crippen LogP contribution is -2.29. The summed E-state index contributed by atoms with van der Waals surface area (Å²) in [5, 5.41) is 2.88. The molecule has 0 saturated carbocycles. The molecule has 0 aliphatic heterocycles. The van der Waals surface area contributed by atoms with Crippen LogP contribution in [0.25, 0.3) is 0 Å². The molecule has 0 aliphatic carbocycles. The van der Waals surface area contributed by atoms with Crippen LogP contribution in [0.4, 0.5) is 0 Å². The average Bonchev–Trinajstić information content (AvgIpc) is 2.51. The highest BCUT2D eigenvalue weighted by atomic mass is 16.5. The van der Waals surface area contributed by atoms with Gasteiger partial charge in [0.15, 0.2) is 11.5 Å². The number of hydrogen-bond donors (Lipinski definition) is 2. The van der Waals surface area contributed by atoms with Gasteiger partial charge in [-0.2, -0.15) is 0 Å². The molecule has 21 heavy (non-hydrogen) atoms. The fourth-order valence-electron chi connectivity index (χ4n) is 1.96. The van der Waals surface area contributed by atoms with Crippen LogP contribution in [0.2, 0.25) is 0 Å². The van der Waals surface area contributed by atoms with Crippen LogP contribution in [-0.4, -0.2) is 40.3 Å². The van der Waals surface area contributed by atoms with E-state index in [4.69, 9.17) is 19.9 Å². The van der Waals surface area contributed by atoms with Crippen molar-refractivity contribution in [2.45, 2.75) is 13.3 Å². The fourth-order valence-corrected chi connectivity index (χ4v) is 1.96. The summed E-state index contributed by atoms with van der Waals surface area (Å²) in [4.78, 5) is 12.3. The van der Waals surface area contributed by atoms with Gasteiger partial charge in [-0.25, -0.2) is 0 Å². The summed E-state index contributed by atoms with van der Waals surface area (Å²) in [5.74, 6) is 1.55. The van der Waals surface area contributed by atoms with Crippen LogP contribution in [0.3, 0.4) is 0 Å². The maximum absolute atomic E-state index is 12.3. The number of hydrogen-bond acceptors (Lipinski definition) is 5. The normalized spacial score (nSPS) is 11.7. The van der Waals surface area contributed by atoms with E-state index in [1.54, 1.807) is 12.1 Å². The number of nitrogens with one attached hydrogen (secondary N) is 1. The second kappa shape index (κ2) is 8.36. The number of methoxy groups -OCH3 is 3. The van der Waals surface area contributed by atoms with Crippen molar-refractivity contribution in [3.05, 3.63) is 17.7 Å². The molecular weight excluding hydrogens is 272 g/mol. The fraction of sp³-hybridized carbons (Fsp3) is 0.533. The predicted molar refractivity (Wildman–Crippen MR) is 81.3 cm³/mol. The summed E-state index contributed by atoms with van der Waals surface area (Å²) in [5.41, 5.74) is 5.91. The van der Waals surface area contributed by atoms with E-state index in [0.29, 0.717) is 41.8 Å². The summed E-state index contributed by atoms with van der Waals surface area (Å²) in [7, 11) is 4.57. The molecule has 0 bridgehead atoms. The molecule has 0 spiro atoms. The highest BCUT2D eigenvalue weighted by Crippen LogP contribution is 2.34. The Morgan fingerprint density at radius 3 is 2.24 bits per heavy atom. The molecule has 6 heteroatoms. The van der Waals surface area contributed by atoms with Gasteiger partial charge in [-0.15, -0.1) is 0 Å². The van der Waals surface area contributed by atoms with Gasteiger partial charge >= 0.3 is 0 Å². The number of benzene rings is 1. The highest BCUT2D eigenvalue weighted by molar-refractivity contribution is 5.97. The second-order valence-corrected chi connectivity index (χ2v) is 4.80. The molecule has 1 amide bonds. The van der Waals surface area contributed by atoms with E-state index < -0.39 is 0 Å². The maximum Gasteiger partial charge on any atom is 0.255 e. The van der Waals surface area contributed by atoms with Crippen molar-refractivity contribution in [2.24, 2.45) is 11.7 Å². The van der Waals surface area contributed by atoms with Gasteiger partial charge in [0, 0.05) is 18.7 Å². The van der Waals surface area contributed by atoms with E-state index in [9.17, 15) is 4.79 Å². The molecule has 1 atom stereocenters. The summed E-state index contributed by atoms with van der Waals surface area (Å²) in [6, 6.07) is 3.25. The van der Waals surface area contributed by atoms with Crippen molar-refractivity contribution < 1.29 is 19.0 Å². The second-order valence-electron chi connectivity index (χ2n) is 4.80. The van der Waals surface area contributed by atoms with Gasteiger partial charge in [-0.1, -0.05) is 6.92 Å². The minimum atomic E-state index is -0.211. The SMILES string of the molecule is COc1cc(OC)c(C(=O)NCC(C)CCN)cc1OC. The third-order valence-corrected chi connectivity index (χ3v) is 3.22. The van der Waals surface area contributed by atoms with Crippen molar-refractivity contribution >= 4 is 5.91 Å². The van der Waals surface area contributed by atoms with E-state index in [-0.39, 0.29) is 5.91 Å². The topological polar surface area (TPSA) is 82.8 Å². The van der Waals surface area contributed by atoms with Crippen molar-refractivity contribution in [1.29, 1.82) is 0 Å². The molecule has 1 aromatic rings. The Balaban J connectivity index is 2.92. The smallest absolute Gasteiger partial charge is 0.255 e. The van der Waals surface area contributed by atoms with Gasteiger partial charge < -0.3 is 25.3 Å². The first-order valence-electron chi connectivity index (χ1n) is 6.85. The van der Waals surface area contributed by atoms with E-state index >= 15 is 0 Å². The first-order valence-corrected chi connectivity index (χ1v) is 6.85. The number of carbonyl (C=O) groups is 1. The number of ether oxygens (including phenoxy) is 3. The van der Waals surface area contributed by atoms with Crippen molar-refractivity contribution in [3.8, 4) is 17.2 Å². The largest absolute Gasteiger partial charge is 0.496 e. The first-order chi connectivity index (χ1) is 10.1. The zero-order valence-corrected chi connectivity index (χ0v) is 13.1. The van der Waals surface area contributed by atoms with Gasteiger partial charge in [0.2, 0.25) is 0 Å². The Bertz CT molecular complexity index is 477. The number of rotatable bonds is 8. The van der Waals surface area contributed by atoms with Crippen LogP contribution in [0.5, 0.6) is 17.2 Å². The zero-order valence-electron chi connectivity index (χ0n) is 13.1. The molecule has 1 aromatic carbocycles. The molecule has 1 rings (SSSR count). The molecule has 6 nitrogen and oxygen atoms in total. The lowest BCUT2D eigenvalue weighted by molar-refractivity contribution is 0.0944. The lowest BCUT2D eigenvalue weighted by Gasteiger charge is -2.15. The van der Waals surface area contributed by atoms with Crippen LogP contribution >= 0.6 is 0 Å². The quantitative estimate of drug-likeness (QED) is 0.758. The first kappa shape index (κ1) is 17.1. The monoisotopic (exact) mass is 296 g/mol. The summed E-state index contributed by atoms with van der Waals surface area (Å²) < 4.78 is 15.7. The minimum absolute atomic E-state index is 0.211. The van der Waals surface area contributed by atoms with E-state index in [2.05, 4.69) is 5.32 Å². The molecule has 0 fully saturated rings. The van der Waals surface area contributed by atoms with Gasteiger partial charge in [-0.05, 0) is 18.9 Å². The molecule has 0 aliphatic rings. The van der Waals surface area contributed by atoms with Crippen LogP contribution in [0, 0.1) is 5.92 Å². The molecule has 0 heterocycles. The molecule has 0 saturated heterocycles. The van der Waals surface area contributed by atoms with Crippen molar-refractivity contribution in [1.82, 2.24) is 5.32 Å². The van der Waals surface area contributed by atoms with E-state index in [0.717, 1.165) is 6.42 Å². The van der Waals surface area contributed by atoms with E-state index in [1.807, 2.05) is 6.92 Å². The number of carbonyl (C=O) groups excluding carboxylic acids is 1. The van der Waals surface area contributed by atoms with E-state index in [1.165, 1.54) is 21.3 Å². The summed E-state index contributed by atoms with van der Waals surface area (Å²) in [6.07, 6.45) is 0.864. The molecule has 0 radical (unpaired) electrons. The lowest BCUT2D eigenvalue weighted by atomic mass is 10.1. The molecule has 118 valence electrons. The van der Waals surface area contributed by atoms with Crippen LogP contribution in [-0.2, 0) is 0 Å². The molecular formula is C15H24N2O4. The molecule has 1 unspecified atom stereocenters. The number of nitrogens with two attached hydrogens (primary N) is 1. The Labute approximate surface area is 125 Å². The zero-order chi connectivity index (χ0) is 15.8. The van der Waals surface area contributed by atoms with Crippen molar-refractivity contribution in [3.63, 3.8) is 0 Å². The summed E-state index contributed by atoms with van der Waals surface area (Å²) in [6.45, 7) is 3.21. The Morgan fingerprint density at radius 2 is 1.71 bits per heavy atom. The van der Waals surface area contributed by atoms with Crippen LogP contribution in [0.1, 0.15) is 23.7 Å². The van der Waals surface area contributed by atoms with Gasteiger partial charge in [-0.3, -0.25) is 4.79 Å². The van der Waals surface area contributed by atoms with Gasteiger partial charge in [0.25, 0.3) is 5.91 Å². The number of amides is 1. The van der Waals surface area contributed by atoms with Gasteiger partial charge in [0.1, 0.15) is 5.75 Å². The van der Waals surface area contributed by atoms with Crippen molar-refractivity contribution in [2.75, 3.05) is 34.4 Å². The minimum Gasteiger partial charge on any atom is -0.496 e. The Morgan fingerprint density at radius 1 is 1.14 bits per heavy atom. The van der Waals surface area contributed by atoms with Crippen LogP contribution < -0.4 is 25.3 Å². The molecule has 0 aromatic heterocycles. The predicted octanol–water partition coefficient (Wildman–Crippen LogP) is 1.43.